The van der Waals surface area contributed by atoms with Gasteiger partial charge in [0.1, 0.15) is 11.4 Å². The number of carbonyl (C=O) groups excluding carboxylic acids is 1. The molecule has 0 radical (unpaired) electrons. The van der Waals surface area contributed by atoms with E-state index in [1.54, 1.807) is 12.1 Å². The summed E-state index contributed by atoms with van der Waals surface area (Å²) in [5.41, 5.74) is 1.10. The van der Waals surface area contributed by atoms with E-state index in [1.165, 1.54) is 13.3 Å². The maximum atomic E-state index is 13.8. The molecule has 1 heterocycles. The van der Waals surface area contributed by atoms with Gasteiger partial charge < -0.3 is 10.1 Å². The second-order valence-electron chi connectivity index (χ2n) is 6.54. The number of anilines is 1. The lowest BCUT2D eigenvalue weighted by atomic mass is 9.93. The second kappa shape index (κ2) is 8.52. The lowest BCUT2D eigenvalue weighted by molar-refractivity contribution is -0.387. The van der Waals surface area contributed by atoms with Crippen LogP contribution < -0.4 is 10.1 Å². The number of pyridine rings is 1. The molecule has 29 heavy (non-hydrogen) atoms. The summed E-state index contributed by atoms with van der Waals surface area (Å²) in [5, 5.41) is 13.5. The van der Waals surface area contributed by atoms with Crippen molar-refractivity contribution in [3.05, 3.63) is 74.3 Å². The highest BCUT2D eigenvalue weighted by Crippen LogP contribution is 2.33. The molecule has 0 fully saturated rings. The molecule has 1 aliphatic rings. The number of hydrogen-bond acceptors (Lipinski definition) is 5. The van der Waals surface area contributed by atoms with Crippen molar-refractivity contribution in [2.45, 2.75) is 13.3 Å². The molecular formula is C20H17BrFN3O4. The van der Waals surface area contributed by atoms with Crippen molar-refractivity contribution in [3.63, 3.8) is 0 Å². The Kier molecular flexibility index (Phi) is 6.07. The first-order valence-corrected chi connectivity index (χ1v) is 9.45. The standard InChI is InChI=1S/C20H17BrFN3O4/c1-11-5-13(7-14(21)6-11)12-3-4-23-17(8-12)20(26)24-16-10-18(25(27)28)15(22)9-19(16)29-2/h3-5,7-11H,6H2,1-2H3,(H,24,26). The summed E-state index contributed by atoms with van der Waals surface area (Å²) in [6.45, 7) is 2.09. The number of ether oxygens (including phenoxy) is 1. The topological polar surface area (TPSA) is 94.4 Å². The third kappa shape index (κ3) is 4.68. The number of methoxy groups -OCH3 is 1. The Labute approximate surface area is 174 Å². The van der Waals surface area contributed by atoms with E-state index in [9.17, 15) is 19.3 Å². The normalized spacial score (nSPS) is 15.9. The Bertz CT molecular complexity index is 1050. The molecule has 1 aromatic carbocycles. The van der Waals surface area contributed by atoms with Gasteiger partial charge in [0.05, 0.1) is 17.7 Å². The van der Waals surface area contributed by atoms with Gasteiger partial charge >= 0.3 is 5.69 Å². The van der Waals surface area contributed by atoms with E-state index < -0.39 is 22.3 Å². The van der Waals surface area contributed by atoms with Crippen LogP contribution in [0.5, 0.6) is 5.75 Å². The van der Waals surface area contributed by atoms with E-state index in [0.29, 0.717) is 5.92 Å². The first-order chi connectivity index (χ1) is 13.8. The van der Waals surface area contributed by atoms with Gasteiger partial charge in [-0.1, -0.05) is 28.9 Å². The number of aromatic nitrogens is 1. The predicted molar refractivity (Wildman–Crippen MR) is 111 cm³/mol. The molecule has 1 aliphatic carbocycles. The summed E-state index contributed by atoms with van der Waals surface area (Å²) in [4.78, 5) is 26.9. The van der Waals surface area contributed by atoms with Gasteiger partial charge in [-0.25, -0.2) is 0 Å². The van der Waals surface area contributed by atoms with Gasteiger partial charge in [0.2, 0.25) is 5.82 Å². The smallest absolute Gasteiger partial charge is 0.307 e. The van der Waals surface area contributed by atoms with Gasteiger partial charge in [-0.15, -0.1) is 0 Å². The van der Waals surface area contributed by atoms with Crippen LogP contribution in [0.2, 0.25) is 0 Å². The minimum atomic E-state index is -1.05. The molecule has 1 N–H and O–H groups in total. The number of hydrogen-bond donors (Lipinski definition) is 1. The van der Waals surface area contributed by atoms with Crippen LogP contribution in [0.25, 0.3) is 5.57 Å². The van der Waals surface area contributed by atoms with Crippen LogP contribution in [0.4, 0.5) is 15.8 Å². The average Bonchev–Trinajstić information content (AvgIpc) is 2.68. The molecule has 0 aliphatic heterocycles. The molecule has 150 valence electrons. The summed E-state index contributed by atoms with van der Waals surface area (Å²) in [7, 11) is 1.27. The quantitative estimate of drug-likeness (QED) is 0.494. The molecule has 0 spiro atoms. The molecule has 0 saturated heterocycles. The summed E-state index contributed by atoms with van der Waals surface area (Å²) in [6.07, 6.45) is 6.51. The Balaban J connectivity index is 1.91. The molecule has 1 atom stereocenters. The van der Waals surface area contributed by atoms with Gasteiger partial charge in [0.25, 0.3) is 5.91 Å². The maximum Gasteiger partial charge on any atom is 0.307 e. The number of nitrogens with zero attached hydrogens (tertiary/aromatic N) is 2. The lowest BCUT2D eigenvalue weighted by Crippen LogP contribution is -2.15. The van der Waals surface area contributed by atoms with Crippen molar-refractivity contribution in [1.82, 2.24) is 4.98 Å². The van der Waals surface area contributed by atoms with Gasteiger partial charge in [-0.05, 0) is 46.2 Å². The largest absolute Gasteiger partial charge is 0.494 e. The van der Waals surface area contributed by atoms with E-state index in [2.05, 4.69) is 39.2 Å². The predicted octanol–water partition coefficient (Wildman–Crippen LogP) is 5.09. The number of benzene rings is 1. The number of halogens is 2. The van der Waals surface area contributed by atoms with E-state index in [4.69, 9.17) is 4.74 Å². The number of carbonyl (C=O) groups is 1. The summed E-state index contributed by atoms with van der Waals surface area (Å²) in [5.74, 6) is -1.34. The Hall–Kier alpha value is -3.07. The van der Waals surface area contributed by atoms with Crippen molar-refractivity contribution in [1.29, 1.82) is 0 Å². The third-order valence-corrected chi connectivity index (χ3v) is 4.89. The zero-order chi connectivity index (χ0) is 21.1. The Morgan fingerprint density at radius 1 is 1.41 bits per heavy atom. The monoisotopic (exact) mass is 461 g/mol. The third-order valence-electron chi connectivity index (χ3n) is 4.33. The van der Waals surface area contributed by atoms with Gasteiger partial charge in [0, 0.05) is 18.3 Å². The van der Waals surface area contributed by atoms with E-state index in [1.807, 2.05) is 6.08 Å². The van der Waals surface area contributed by atoms with Crippen LogP contribution in [0.1, 0.15) is 29.4 Å². The van der Waals surface area contributed by atoms with Crippen LogP contribution in [0.3, 0.4) is 0 Å². The van der Waals surface area contributed by atoms with E-state index in [-0.39, 0.29) is 17.1 Å². The van der Waals surface area contributed by atoms with Gasteiger partial charge in [-0.3, -0.25) is 19.9 Å². The molecule has 7 nitrogen and oxygen atoms in total. The molecule has 2 aromatic rings. The molecule has 1 unspecified atom stereocenters. The number of rotatable bonds is 5. The average molecular weight is 462 g/mol. The molecule has 1 aromatic heterocycles. The van der Waals surface area contributed by atoms with Crippen LogP contribution in [0.15, 0.2) is 47.1 Å². The summed E-state index contributed by atoms with van der Waals surface area (Å²) < 4.78 is 19.9. The fourth-order valence-electron chi connectivity index (χ4n) is 3.00. The molecular weight excluding hydrogens is 445 g/mol. The lowest BCUT2D eigenvalue weighted by Gasteiger charge is -2.16. The van der Waals surface area contributed by atoms with Gasteiger partial charge in [-0.2, -0.15) is 4.39 Å². The highest BCUT2D eigenvalue weighted by Gasteiger charge is 2.21. The van der Waals surface area contributed by atoms with Crippen molar-refractivity contribution < 1.29 is 18.8 Å². The SMILES string of the molecule is COc1cc(F)c([N+](=O)[O-])cc1NC(=O)c1cc(C2=CC(C)CC(Br)=C2)ccn1. The Morgan fingerprint density at radius 2 is 2.17 bits per heavy atom. The first-order valence-electron chi connectivity index (χ1n) is 8.66. The molecule has 0 bridgehead atoms. The highest BCUT2D eigenvalue weighted by atomic mass is 79.9. The number of allylic oxidation sites excluding steroid dienone is 4. The summed E-state index contributed by atoms with van der Waals surface area (Å²) >= 11 is 3.52. The van der Waals surface area contributed by atoms with Crippen molar-refractivity contribution in [2.24, 2.45) is 5.92 Å². The fourth-order valence-corrected chi connectivity index (χ4v) is 3.76. The minimum Gasteiger partial charge on any atom is -0.494 e. The highest BCUT2D eigenvalue weighted by molar-refractivity contribution is 9.11. The summed E-state index contributed by atoms with van der Waals surface area (Å²) in [6, 6.07) is 5.19. The number of amides is 1. The first kappa shape index (κ1) is 20.7. The zero-order valence-electron chi connectivity index (χ0n) is 15.6. The number of nitro groups is 1. The molecule has 0 saturated carbocycles. The van der Waals surface area contributed by atoms with Crippen LogP contribution in [-0.2, 0) is 0 Å². The fraction of sp³-hybridized carbons (Fsp3) is 0.200. The van der Waals surface area contributed by atoms with E-state index >= 15 is 0 Å². The van der Waals surface area contributed by atoms with Crippen LogP contribution in [0, 0.1) is 21.8 Å². The van der Waals surface area contributed by atoms with Crippen molar-refractivity contribution in [3.8, 4) is 5.75 Å². The minimum absolute atomic E-state index is 0.0223. The van der Waals surface area contributed by atoms with Crippen LogP contribution >= 0.6 is 15.9 Å². The number of nitro benzene ring substituents is 1. The van der Waals surface area contributed by atoms with Gasteiger partial charge in [0.15, 0.2) is 0 Å². The number of nitrogens with one attached hydrogen (secondary N) is 1. The molecule has 1 amide bonds. The van der Waals surface area contributed by atoms with E-state index in [0.717, 1.165) is 34.2 Å². The van der Waals surface area contributed by atoms with Crippen molar-refractivity contribution in [2.75, 3.05) is 12.4 Å². The van der Waals surface area contributed by atoms with Crippen molar-refractivity contribution >= 4 is 38.8 Å². The Morgan fingerprint density at radius 3 is 2.83 bits per heavy atom. The van der Waals surface area contributed by atoms with Crippen LogP contribution in [-0.4, -0.2) is 22.9 Å². The maximum absolute atomic E-state index is 13.8. The second-order valence-corrected chi connectivity index (χ2v) is 7.56. The molecule has 9 heteroatoms. The zero-order valence-corrected chi connectivity index (χ0v) is 17.2. The molecule has 3 rings (SSSR count).